The first-order valence-electron chi connectivity index (χ1n) is 11.9. The van der Waals surface area contributed by atoms with Crippen molar-refractivity contribution >= 4 is 21.8 Å². The monoisotopic (exact) mass is 399 g/mol. The van der Waals surface area contributed by atoms with E-state index in [9.17, 15) is 0 Å². The first-order valence-corrected chi connectivity index (χ1v) is 11.9. The molecule has 0 radical (unpaired) electrons. The van der Waals surface area contributed by atoms with Crippen LogP contribution in [0.4, 0.5) is 0 Å². The van der Waals surface area contributed by atoms with E-state index in [1.807, 2.05) is 0 Å². The van der Waals surface area contributed by atoms with Crippen molar-refractivity contribution in [2.45, 2.75) is 32.9 Å². The lowest BCUT2D eigenvalue weighted by atomic mass is 9.93. The van der Waals surface area contributed by atoms with Crippen LogP contribution in [0.5, 0.6) is 0 Å². The second-order valence-corrected chi connectivity index (χ2v) is 9.73. The molecule has 3 aromatic rings. The van der Waals surface area contributed by atoms with E-state index >= 15 is 0 Å². The predicted octanol–water partition coefficient (Wildman–Crippen LogP) is 5.14. The molecule has 3 heteroatoms. The molecule has 6 rings (SSSR count). The van der Waals surface area contributed by atoms with E-state index in [-0.39, 0.29) is 0 Å². The summed E-state index contributed by atoms with van der Waals surface area (Å²) in [6.07, 6.45) is 7.84. The zero-order valence-electron chi connectivity index (χ0n) is 18.1. The van der Waals surface area contributed by atoms with Crippen LogP contribution in [-0.4, -0.2) is 47.1 Å². The van der Waals surface area contributed by atoms with Gasteiger partial charge < -0.3 is 9.47 Å². The highest BCUT2D eigenvalue weighted by atomic mass is 15.3. The molecular weight excluding hydrogens is 366 g/mol. The van der Waals surface area contributed by atoms with Gasteiger partial charge in [0.05, 0.1) is 0 Å². The molecule has 0 amide bonds. The third kappa shape index (κ3) is 3.19. The van der Waals surface area contributed by atoms with E-state index in [1.54, 1.807) is 0 Å². The number of para-hydroxylation sites is 1. The zero-order chi connectivity index (χ0) is 20.1. The molecule has 0 unspecified atom stereocenters. The van der Waals surface area contributed by atoms with Crippen LogP contribution in [0.1, 0.15) is 25.3 Å². The highest BCUT2D eigenvalue weighted by Crippen LogP contribution is 2.43. The van der Waals surface area contributed by atoms with Gasteiger partial charge in [0.2, 0.25) is 0 Å². The number of nitrogens with zero attached hydrogens (tertiary/aromatic N) is 3. The molecule has 0 N–H and O–H groups in total. The number of rotatable bonds is 5. The van der Waals surface area contributed by atoms with Crippen molar-refractivity contribution in [1.29, 1.82) is 0 Å². The number of fused-ring (bicyclic) bond motifs is 5. The summed E-state index contributed by atoms with van der Waals surface area (Å²) < 4.78 is 2.44. The number of benzene rings is 2. The minimum absolute atomic E-state index is 0.880. The Kier molecular flexibility index (Phi) is 4.69. The van der Waals surface area contributed by atoms with Crippen molar-refractivity contribution in [3.8, 4) is 0 Å². The Labute approximate surface area is 180 Å². The summed E-state index contributed by atoms with van der Waals surface area (Å²) in [5.41, 5.74) is 4.18. The number of aromatic nitrogens is 1. The van der Waals surface area contributed by atoms with Gasteiger partial charge in [-0.3, -0.25) is 4.90 Å². The molecule has 3 atom stereocenters. The third-order valence-electron chi connectivity index (χ3n) is 7.93. The number of allylic oxidation sites excluding steroid dienone is 2. The summed E-state index contributed by atoms with van der Waals surface area (Å²) in [6, 6.07) is 16.0. The Morgan fingerprint density at radius 2 is 1.63 bits per heavy atom. The lowest BCUT2D eigenvalue weighted by Gasteiger charge is -2.37. The van der Waals surface area contributed by atoms with Crippen LogP contribution in [0, 0.1) is 17.8 Å². The second-order valence-electron chi connectivity index (χ2n) is 9.73. The van der Waals surface area contributed by atoms with E-state index in [0.717, 1.165) is 30.8 Å². The molecule has 156 valence electrons. The molecule has 2 heterocycles. The highest BCUT2D eigenvalue weighted by Gasteiger charge is 2.36. The molecule has 1 saturated heterocycles. The molecule has 2 fully saturated rings. The normalized spacial score (nSPS) is 27.0. The largest absolute Gasteiger partial charge is 0.341 e. The minimum Gasteiger partial charge on any atom is -0.341 e. The molecule has 3 aliphatic rings. The Morgan fingerprint density at radius 3 is 2.40 bits per heavy atom. The maximum Gasteiger partial charge on any atom is 0.0491 e. The van der Waals surface area contributed by atoms with Crippen LogP contribution in [0.15, 0.2) is 54.6 Å². The Morgan fingerprint density at radius 1 is 0.833 bits per heavy atom. The summed E-state index contributed by atoms with van der Waals surface area (Å²) in [4.78, 5) is 5.38. The fourth-order valence-electron chi connectivity index (χ4n) is 6.36. The molecule has 3 nitrogen and oxygen atoms in total. The first kappa shape index (κ1) is 18.7. The molecule has 2 bridgehead atoms. The van der Waals surface area contributed by atoms with Crippen LogP contribution in [-0.2, 0) is 13.1 Å². The summed E-state index contributed by atoms with van der Waals surface area (Å²) in [5.74, 6) is 2.70. The molecule has 1 aliphatic heterocycles. The SMILES string of the molecule is CCn1c2ccccc2c2cc(CN3CCN(C[C@H]4C[C@@H]5C=C[C@@H]4C5)CC3)ccc21. The lowest BCUT2D eigenvalue weighted by Crippen LogP contribution is -2.47. The summed E-state index contributed by atoms with van der Waals surface area (Å²) >= 11 is 0. The maximum absolute atomic E-state index is 2.73. The number of hydrogen-bond acceptors (Lipinski definition) is 2. The smallest absolute Gasteiger partial charge is 0.0491 e. The van der Waals surface area contributed by atoms with Crippen molar-refractivity contribution in [2.75, 3.05) is 32.7 Å². The Hall–Kier alpha value is -2.10. The molecule has 30 heavy (non-hydrogen) atoms. The Balaban J connectivity index is 1.13. The first-order chi connectivity index (χ1) is 14.8. The molecule has 1 aromatic heterocycles. The summed E-state index contributed by atoms with van der Waals surface area (Å²) in [5, 5.41) is 2.80. The Bertz CT molecular complexity index is 1090. The lowest BCUT2D eigenvalue weighted by molar-refractivity contribution is 0.108. The fourth-order valence-corrected chi connectivity index (χ4v) is 6.36. The van der Waals surface area contributed by atoms with Crippen LogP contribution < -0.4 is 0 Å². The number of hydrogen-bond donors (Lipinski definition) is 0. The van der Waals surface area contributed by atoms with Gasteiger partial charge in [-0.25, -0.2) is 0 Å². The number of piperazine rings is 1. The van der Waals surface area contributed by atoms with Gasteiger partial charge in [0, 0.05) is 67.6 Å². The average molecular weight is 400 g/mol. The molecular formula is C27H33N3. The molecule has 2 aliphatic carbocycles. The van der Waals surface area contributed by atoms with Gasteiger partial charge in [0.15, 0.2) is 0 Å². The average Bonchev–Trinajstić information content (AvgIpc) is 3.48. The van der Waals surface area contributed by atoms with Crippen molar-refractivity contribution in [2.24, 2.45) is 17.8 Å². The summed E-state index contributed by atoms with van der Waals surface area (Å²) in [7, 11) is 0. The summed E-state index contributed by atoms with van der Waals surface area (Å²) in [6.45, 7) is 10.5. The predicted molar refractivity (Wildman–Crippen MR) is 126 cm³/mol. The van der Waals surface area contributed by atoms with Gasteiger partial charge >= 0.3 is 0 Å². The van der Waals surface area contributed by atoms with Gasteiger partial charge in [-0.15, -0.1) is 0 Å². The van der Waals surface area contributed by atoms with Crippen molar-refractivity contribution < 1.29 is 0 Å². The van der Waals surface area contributed by atoms with Crippen molar-refractivity contribution in [1.82, 2.24) is 14.4 Å². The maximum atomic E-state index is 2.73. The van der Waals surface area contributed by atoms with Gasteiger partial charge in [-0.1, -0.05) is 36.4 Å². The van der Waals surface area contributed by atoms with Crippen LogP contribution >= 0.6 is 0 Å². The highest BCUT2D eigenvalue weighted by molar-refractivity contribution is 6.08. The van der Waals surface area contributed by atoms with E-state index in [0.29, 0.717) is 0 Å². The molecule has 1 saturated carbocycles. The van der Waals surface area contributed by atoms with Gasteiger partial charge in [-0.2, -0.15) is 0 Å². The van der Waals surface area contributed by atoms with Crippen LogP contribution in [0.25, 0.3) is 21.8 Å². The van der Waals surface area contributed by atoms with Gasteiger partial charge in [0.1, 0.15) is 0 Å². The van der Waals surface area contributed by atoms with Gasteiger partial charge in [0.25, 0.3) is 0 Å². The fraction of sp³-hybridized carbons (Fsp3) is 0.481. The van der Waals surface area contributed by atoms with Crippen molar-refractivity contribution in [3.05, 3.63) is 60.2 Å². The van der Waals surface area contributed by atoms with Crippen molar-refractivity contribution in [3.63, 3.8) is 0 Å². The number of aryl methyl sites for hydroxylation is 1. The topological polar surface area (TPSA) is 11.4 Å². The second kappa shape index (κ2) is 7.55. The minimum atomic E-state index is 0.880. The zero-order valence-corrected chi connectivity index (χ0v) is 18.1. The molecule has 0 spiro atoms. The standard InChI is InChI=1S/C27H33N3/c1-2-30-26-6-4-3-5-24(26)25-17-21(8-10-27(25)30)18-28-11-13-29(14-12-28)19-23-16-20-7-9-22(23)15-20/h3-10,17,20,22-23H,2,11-16,18-19H2,1H3/t20-,22-,23-/m1/s1. The van der Waals surface area contributed by atoms with Crippen LogP contribution in [0.3, 0.4) is 0 Å². The van der Waals surface area contributed by atoms with E-state index in [1.165, 1.54) is 72.9 Å². The van der Waals surface area contributed by atoms with E-state index in [2.05, 4.69) is 75.9 Å². The van der Waals surface area contributed by atoms with E-state index in [4.69, 9.17) is 0 Å². The van der Waals surface area contributed by atoms with E-state index < -0.39 is 0 Å². The van der Waals surface area contributed by atoms with Crippen LogP contribution in [0.2, 0.25) is 0 Å². The third-order valence-corrected chi connectivity index (χ3v) is 7.93. The van der Waals surface area contributed by atoms with Gasteiger partial charge in [-0.05, 0) is 61.3 Å². The quantitative estimate of drug-likeness (QED) is 0.550. The molecule has 2 aromatic carbocycles.